The van der Waals surface area contributed by atoms with E-state index >= 15 is 0 Å². The summed E-state index contributed by atoms with van der Waals surface area (Å²) in [5.74, 6) is -0.544. The lowest BCUT2D eigenvalue weighted by Crippen LogP contribution is -2.56. The molecule has 1 atom stereocenters. The number of amides is 2. The maximum absolute atomic E-state index is 13.7. The van der Waals surface area contributed by atoms with Crippen LogP contribution < -0.4 is 14.4 Å². The molecular weight excluding hydrogens is 502 g/mol. The molecule has 0 unspecified atom stereocenters. The van der Waals surface area contributed by atoms with E-state index in [0.717, 1.165) is 16.1 Å². The Bertz CT molecular complexity index is 1150. The summed E-state index contributed by atoms with van der Waals surface area (Å²) in [6.45, 7) is 7.15. The highest BCUT2D eigenvalue weighted by Gasteiger charge is 2.33. The van der Waals surface area contributed by atoms with Crippen molar-refractivity contribution in [2.24, 2.45) is 0 Å². The van der Waals surface area contributed by atoms with Gasteiger partial charge in [-0.05, 0) is 57.4 Å². The first-order valence-corrected chi connectivity index (χ1v) is 14.0. The zero-order valence-corrected chi connectivity index (χ0v) is 23.3. The minimum atomic E-state index is -3.90. The van der Waals surface area contributed by atoms with Crippen molar-refractivity contribution in [3.63, 3.8) is 0 Å². The minimum absolute atomic E-state index is 0.149. The molecule has 36 heavy (non-hydrogen) atoms. The maximum Gasteiger partial charge on any atom is 0.244 e. The van der Waals surface area contributed by atoms with E-state index in [-0.39, 0.29) is 23.9 Å². The standard InChI is InChI=1S/C26H36ClN3O5S/c1-7-21(25(32)28-26(2,3)4)29(16-15-19-11-9-8-10-12-19)24(31)18-30(36(6,33)34)22-17-20(27)13-14-23(22)35-5/h8-14,17,21H,7,15-16,18H2,1-6H3,(H,28,32)/t21-/m0/s1. The highest BCUT2D eigenvalue weighted by Crippen LogP contribution is 2.33. The summed E-state index contributed by atoms with van der Waals surface area (Å²) in [5.41, 5.74) is 0.653. The molecular formula is C26H36ClN3O5S. The van der Waals surface area contributed by atoms with E-state index in [1.165, 1.54) is 18.1 Å². The number of carbonyl (C=O) groups excluding carboxylic acids is 2. The number of nitrogens with one attached hydrogen (secondary N) is 1. The largest absolute Gasteiger partial charge is 0.495 e. The first kappa shape index (κ1) is 29.5. The van der Waals surface area contributed by atoms with Crippen molar-refractivity contribution in [2.75, 3.05) is 30.8 Å². The van der Waals surface area contributed by atoms with Crippen molar-refractivity contribution in [1.29, 1.82) is 0 Å². The van der Waals surface area contributed by atoms with Crippen LogP contribution in [0.3, 0.4) is 0 Å². The molecule has 0 aliphatic rings. The molecule has 2 aromatic carbocycles. The predicted octanol–water partition coefficient (Wildman–Crippen LogP) is 3.88. The van der Waals surface area contributed by atoms with E-state index in [0.29, 0.717) is 17.9 Å². The summed E-state index contributed by atoms with van der Waals surface area (Å²) < 4.78 is 31.9. The first-order valence-electron chi connectivity index (χ1n) is 11.7. The lowest BCUT2D eigenvalue weighted by molar-refractivity contribution is -0.140. The van der Waals surface area contributed by atoms with Crippen LogP contribution >= 0.6 is 11.6 Å². The Kier molecular flexibility index (Phi) is 10.2. The second kappa shape index (κ2) is 12.5. The number of methoxy groups -OCH3 is 1. The number of hydrogen-bond acceptors (Lipinski definition) is 5. The molecule has 0 aliphatic carbocycles. The molecule has 8 nitrogen and oxygen atoms in total. The van der Waals surface area contributed by atoms with E-state index in [1.54, 1.807) is 12.1 Å². The molecule has 2 aromatic rings. The monoisotopic (exact) mass is 537 g/mol. The van der Waals surface area contributed by atoms with E-state index in [9.17, 15) is 18.0 Å². The number of nitrogens with zero attached hydrogens (tertiary/aromatic N) is 2. The zero-order valence-electron chi connectivity index (χ0n) is 21.7. The number of rotatable bonds is 11. The molecule has 1 N–H and O–H groups in total. The van der Waals surface area contributed by atoms with Gasteiger partial charge >= 0.3 is 0 Å². The van der Waals surface area contributed by atoms with Gasteiger partial charge in [-0.1, -0.05) is 48.9 Å². The van der Waals surface area contributed by atoms with Crippen LogP contribution in [0, 0.1) is 0 Å². The van der Waals surface area contributed by atoms with Crippen molar-refractivity contribution in [1.82, 2.24) is 10.2 Å². The Morgan fingerprint density at radius 3 is 2.28 bits per heavy atom. The van der Waals surface area contributed by atoms with Gasteiger partial charge in [-0.2, -0.15) is 0 Å². The van der Waals surface area contributed by atoms with Crippen LogP contribution in [0.2, 0.25) is 5.02 Å². The SMILES string of the molecule is CC[C@@H](C(=O)NC(C)(C)C)N(CCc1ccccc1)C(=O)CN(c1cc(Cl)ccc1OC)S(C)(=O)=O. The maximum atomic E-state index is 13.7. The van der Waals surface area contributed by atoms with Crippen LogP contribution in [0.25, 0.3) is 0 Å². The second-order valence-electron chi connectivity index (χ2n) is 9.57. The van der Waals surface area contributed by atoms with Crippen molar-refractivity contribution in [3.05, 3.63) is 59.1 Å². The van der Waals surface area contributed by atoms with Gasteiger partial charge in [-0.25, -0.2) is 8.42 Å². The second-order valence-corrected chi connectivity index (χ2v) is 11.9. The van der Waals surface area contributed by atoms with E-state index in [1.807, 2.05) is 58.0 Å². The molecule has 198 valence electrons. The summed E-state index contributed by atoms with van der Waals surface area (Å²) in [4.78, 5) is 28.3. The smallest absolute Gasteiger partial charge is 0.244 e. The number of ether oxygens (including phenoxy) is 1. The predicted molar refractivity (Wildman–Crippen MR) is 144 cm³/mol. The van der Waals surface area contributed by atoms with Gasteiger partial charge in [0.2, 0.25) is 21.8 Å². The molecule has 0 saturated heterocycles. The molecule has 2 rings (SSSR count). The topological polar surface area (TPSA) is 96.0 Å². The van der Waals surface area contributed by atoms with E-state index in [2.05, 4.69) is 5.32 Å². The summed E-state index contributed by atoms with van der Waals surface area (Å²) in [5, 5.41) is 3.24. The average molecular weight is 538 g/mol. The van der Waals surface area contributed by atoms with Crippen LogP contribution in [0.1, 0.15) is 39.7 Å². The van der Waals surface area contributed by atoms with Gasteiger partial charge in [0.1, 0.15) is 18.3 Å². The summed E-state index contributed by atoms with van der Waals surface area (Å²) in [7, 11) is -2.49. The summed E-state index contributed by atoms with van der Waals surface area (Å²) in [6, 6.07) is 13.4. The van der Waals surface area contributed by atoms with E-state index < -0.39 is 34.1 Å². The fourth-order valence-electron chi connectivity index (χ4n) is 3.80. The average Bonchev–Trinajstić information content (AvgIpc) is 2.78. The minimum Gasteiger partial charge on any atom is -0.495 e. The van der Waals surface area contributed by atoms with Crippen LogP contribution in [-0.2, 0) is 26.0 Å². The van der Waals surface area contributed by atoms with Crippen molar-refractivity contribution in [2.45, 2.75) is 52.1 Å². The molecule has 0 aromatic heterocycles. The van der Waals surface area contributed by atoms with Crippen LogP contribution in [-0.4, -0.2) is 63.2 Å². The Balaban J connectivity index is 2.45. The third-order valence-corrected chi connectivity index (χ3v) is 6.82. The lowest BCUT2D eigenvalue weighted by atomic mass is 10.1. The van der Waals surface area contributed by atoms with Gasteiger partial charge in [0.25, 0.3) is 0 Å². The van der Waals surface area contributed by atoms with Crippen molar-refractivity contribution < 1.29 is 22.7 Å². The van der Waals surface area contributed by atoms with Crippen LogP contribution in [0.4, 0.5) is 5.69 Å². The zero-order chi connectivity index (χ0) is 27.1. The molecule has 10 heteroatoms. The lowest BCUT2D eigenvalue weighted by Gasteiger charge is -2.34. The van der Waals surface area contributed by atoms with Crippen LogP contribution in [0.15, 0.2) is 48.5 Å². The Hall–Kier alpha value is -2.78. The van der Waals surface area contributed by atoms with Gasteiger partial charge in [-0.3, -0.25) is 13.9 Å². The summed E-state index contributed by atoms with van der Waals surface area (Å²) >= 11 is 6.14. The Labute approximate surface area is 219 Å². The van der Waals surface area contributed by atoms with Gasteiger partial charge in [0, 0.05) is 17.1 Å². The number of hydrogen-bond donors (Lipinski definition) is 1. The molecule has 0 radical (unpaired) electrons. The third kappa shape index (κ3) is 8.41. The summed E-state index contributed by atoms with van der Waals surface area (Å²) in [6.07, 6.45) is 1.88. The van der Waals surface area contributed by atoms with E-state index in [4.69, 9.17) is 16.3 Å². The third-order valence-electron chi connectivity index (χ3n) is 5.46. The number of halogens is 1. The van der Waals surface area contributed by atoms with Crippen molar-refractivity contribution in [3.8, 4) is 5.75 Å². The molecule has 0 spiro atoms. The highest BCUT2D eigenvalue weighted by molar-refractivity contribution is 7.92. The Morgan fingerprint density at radius 1 is 1.11 bits per heavy atom. The quantitative estimate of drug-likeness (QED) is 0.469. The van der Waals surface area contributed by atoms with Crippen LogP contribution in [0.5, 0.6) is 5.75 Å². The molecule has 0 saturated carbocycles. The Morgan fingerprint density at radius 2 is 1.75 bits per heavy atom. The fraction of sp³-hybridized carbons (Fsp3) is 0.462. The first-order chi connectivity index (χ1) is 16.8. The molecule has 0 fully saturated rings. The molecule has 0 heterocycles. The highest BCUT2D eigenvalue weighted by atomic mass is 35.5. The van der Waals surface area contributed by atoms with Gasteiger partial charge in [-0.15, -0.1) is 0 Å². The van der Waals surface area contributed by atoms with Gasteiger partial charge in [0.05, 0.1) is 19.1 Å². The number of benzene rings is 2. The van der Waals surface area contributed by atoms with Gasteiger partial charge in [0.15, 0.2) is 0 Å². The van der Waals surface area contributed by atoms with Crippen molar-refractivity contribution >= 4 is 39.1 Å². The molecule has 0 aliphatic heterocycles. The number of anilines is 1. The molecule has 0 bridgehead atoms. The number of sulfonamides is 1. The molecule has 2 amide bonds. The number of carbonyl (C=O) groups is 2. The normalized spacial score (nSPS) is 12.5. The fourth-order valence-corrected chi connectivity index (χ4v) is 4.81. The van der Waals surface area contributed by atoms with Gasteiger partial charge < -0.3 is 15.0 Å².